The number of aromatic nitrogens is 1. The Bertz CT molecular complexity index is 835. The number of hydrogen-bond donors (Lipinski definition) is 0. The minimum Gasteiger partial charge on any atom is -0.345 e. The molecule has 0 spiro atoms. The van der Waals surface area contributed by atoms with Crippen LogP contribution in [0.5, 0.6) is 0 Å². The summed E-state index contributed by atoms with van der Waals surface area (Å²) in [7, 11) is 0. The molecule has 0 aliphatic carbocycles. The monoisotopic (exact) mass is 341 g/mol. The van der Waals surface area contributed by atoms with Gasteiger partial charge in [0.15, 0.2) is 0 Å². The topological polar surface area (TPSA) is 12.9 Å². The molecular weight excluding hydrogens is 314 g/mol. The molecule has 0 saturated heterocycles. The predicted octanol–water partition coefficient (Wildman–Crippen LogP) is 6.61. The quantitative estimate of drug-likeness (QED) is 0.478. The maximum atomic E-state index is 5.00. The zero-order valence-electron chi connectivity index (χ0n) is 16.6. The Kier molecular flexibility index (Phi) is 4.75. The summed E-state index contributed by atoms with van der Waals surface area (Å²) in [6, 6.07) is 25.4. The van der Waals surface area contributed by atoms with Crippen molar-refractivity contribution in [1.29, 1.82) is 0 Å². The molecule has 0 radical (unpaired) electrons. The number of nitrogens with zero attached hydrogens (tertiary/aromatic N) is 1. The molecule has 26 heavy (non-hydrogen) atoms. The Morgan fingerprint density at radius 1 is 0.615 bits per heavy atom. The van der Waals surface area contributed by atoms with E-state index in [2.05, 4.69) is 96.1 Å². The lowest BCUT2D eigenvalue weighted by Crippen LogP contribution is -2.14. The first-order valence-electron chi connectivity index (χ1n) is 9.18. The third-order valence-corrected chi connectivity index (χ3v) is 4.59. The molecule has 0 aliphatic heterocycles. The molecule has 1 nitrogen and oxygen atoms in total. The third kappa shape index (κ3) is 3.72. The van der Waals surface area contributed by atoms with Crippen LogP contribution in [0.3, 0.4) is 0 Å². The van der Waals surface area contributed by atoms with Gasteiger partial charge in [0, 0.05) is 0 Å². The van der Waals surface area contributed by atoms with Gasteiger partial charge in [0.25, 0.3) is 0 Å². The van der Waals surface area contributed by atoms with E-state index < -0.39 is 0 Å². The SMILES string of the molecule is CC(C)(C)c1ccc[c-]c1-c1cccc(-c2[c-]cccc2C(C)(C)C)n1. The maximum absolute atomic E-state index is 5.00. The molecule has 0 atom stereocenters. The van der Waals surface area contributed by atoms with E-state index in [1.807, 2.05) is 12.1 Å². The highest BCUT2D eigenvalue weighted by Crippen LogP contribution is 2.35. The van der Waals surface area contributed by atoms with Crippen molar-refractivity contribution in [2.45, 2.75) is 52.4 Å². The van der Waals surface area contributed by atoms with Crippen LogP contribution in [0.1, 0.15) is 52.7 Å². The summed E-state index contributed by atoms with van der Waals surface area (Å²) < 4.78 is 0. The second-order valence-corrected chi connectivity index (χ2v) is 8.83. The van der Waals surface area contributed by atoms with Crippen LogP contribution >= 0.6 is 0 Å². The molecule has 0 bridgehead atoms. The minimum atomic E-state index is 0.0419. The van der Waals surface area contributed by atoms with Gasteiger partial charge in [-0.1, -0.05) is 59.7 Å². The van der Waals surface area contributed by atoms with E-state index in [1.165, 1.54) is 11.1 Å². The number of pyridine rings is 1. The summed E-state index contributed by atoms with van der Waals surface area (Å²) >= 11 is 0. The van der Waals surface area contributed by atoms with E-state index in [0.717, 1.165) is 22.5 Å². The zero-order chi connectivity index (χ0) is 18.9. The van der Waals surface area contributed by atoms with Crippen LogP contribution in [0, 0.1) is 12.1 Å². The first-order chi connectivity index (χ1) is 12.2. The van der Waals surface area contributed by atoms with Gasteiger partial charge in [0.1, 0.15) is 0 Å². The van der Waals surface area contributed by atoms with Crippen LogP contribution in [-0.4, -0.2) is 4.98 Å². The Balaban J connectivity index is 2.16. The Morgan fingerprint density at radius 2 is 1.04 bits per heavy atom. The smallest absolute Gasteiger partial charge is 0.0224 e. The molecule has 0 N–H and O–H groups in total. The average Bonchev–Trinajstić information content (AvgIpc) is 2.60. The maximum Gasteiger partial charge on any atom is -0.0224 e. The summed E-state index contributed by atoms with van der Waals surface area (Å²) in [5.74, 6) is 0. The summed E-state index contributed by atoms with van der Waals surface area (Å²) in [5.41, 5.74) is 6.69. The number of rotatable bonds is 2. The Hall–Kier alpha value is -2.41. The molecular formula is C25H27N-2. The first-order valence-corrected chi connectivity index (χ1v) is 9.18. The van der Waals surface area contributed by atoms with Crippen molar-refractivity contribution in [2.24, 2.45) is 0 Å². The van der Waals surface area contributed by atoms with Gasteiger partial charge in [0.2, 0.25) is 0 Å². The first kappa shape index (κ1) is 18.4. The highest BCUT2D eigenvalue weighted by atomic mass is 14.7. The van der Waals surface area contributed by atoms with E-state index in [4.69, 9.17) is 4.98 Å². The van der Waals surface area contributed by atoms with Crippen LogP contribution in [0.25, 0.3) is 22.5 Å². The van der Waals surface area contributed by atoms with Gasteiger partial charge in [-0.15, -0.1) is 70.8 Å². The van der Waals surface area contributed by atoms with Crippen LogP contribution in [0.15, 0.2) is 54.6 Å². The van der Waals surface area contributed by atoms with Crippen molar-refractivity contribution >= 4 is 0 Å². The standard InChI is InChI=1S/C25H27N/c1-24(2,3)20-14-9-7-12-18(20)22-16-11-17-23(26-22)19-13-8-10-15-21(19)25(4,5)6/h7-11,14-17H,1-6H3/q-2. The summed E-state index contributed by atoms with van der Waals surface area (Å²) in [5, 5.41) is 0. The Morgan fingerprint density at radius 3 is 1.42 bits per heavy atom. The number of hydrogen-bond acceptors (Lipinski definition) is 1. The van der Waals surface area contributed by atoms with Crippen molar-refractivity contribution < 1.29 is 0 Å². The van der Waals surface area contributed by atoms with Gasteiger partial charge < -0.3 is 4.98 Å². The zero-order valence-corrected chi connectivity index (χ0v) is 16.6. The largest absolute Gasteiger partial charge is 0.345 e. The molecule has 1 heteroatoms. The van der Waals surface area contributed by atoms with E-state index in [0.29, 0.717) is 0 Å². The van der Waals surface area contributed by atoms with Crippen LogP contribution in [0.4, 0.5) is 0 Å². The minimum absolute atomic E-state index is 0.0419. The fourth-order valence-electron chi connectivity index (χ4n) is 3.26. The predicted molar refractivity (Wildman–Crippen MR) is 110 cm³/mol. The third-order valence-electron chi connectivity index (χ3n) is 4.59. The summed E-state index contributed by atoms with van der Waals surface area (Å²) in [6.07, 6.45) is 0. The fourth-order valence-corrected chi connectivity index (χ4v) is 3.26. The van der Waals surface area contributed by atoms with E-state index >= 15 is 0 Å². The summed E-state index contributed by atoms with van der Waals surface area (Å²) in [6.45, 7) is 13.4. The van der Waals surface area contributed by atoms with Crippen molar-refractivity contribution in [3.8, 4) is 22.5 Å². The Labute approximate surface area is 158 Å². The lowest BCUT2D eigenvalue weighted by Gasteiger charge is -2.31. The van der Waals surface area contributed by atoms with Gasteiger partial charge >= 0.3 is 0 Å². The van der Waals surface area contributed by atoms with E-state index in [9.17, 15) is 0 Å². The molecule has 0 aliphatic rings. The molecule has 1 heterocycles. The van der Waals surface area contributed by atoms with Crippen LogP contribution < -0.4 is 0 Å². The lowest BCUT2D eigenvalue weighted by atomic mass is 9.82. The molecule has 0 saturated carbocycles. The second kappa shape index (κ2) is 6.72. The normalized spacial score (nSPS) is 12.2. The molecule has 1 aromatic heterocycles. The van der Waals surface area contributed by atoms with Gasteiger partial charge in [-0.25, -0.2) is 0 Å². The van der Waals surface area contributed by atoms with Gasteiger partial charge in [-0.05, 0) is 22.2 Å². The molecule has 0 fully saturated rings. The molecule has 0 amide bonds. The lowest BCUT2D eigenvalue weighted by molar-refractivity contribution is 0.591. The van der Waals surface area contributed by atoms with Gasteiger partial charge in [0.05, 0.1) is 0 Å². The van der Waals surface area contributed by atoms with Crippen molar-refractivity contribution in [3.63, 3.8) is 0 Å². The highest BCUT2D eigenvalue weighted by molar-refractivity contribution is 5.70. The van der Waals surface area contributed by atoms with Crippen molar-refractivity contribution in [2.75, 3.05) is 0 Å². The average molecular weight is 341 g/mol. The van der Waals surface area contributed by atoms with Gasteiger partial charge in [-0.2, -0.15) is 0 Å². The molecule has 134 valence electrons. The molecule has 3 aromatic rings. The van der Waals surface area contributed by atoms with E-state index in [-0.39, 0.29) is 10.8 Å². The van der Waals surface area contributed by atoms with Crippen molar-refractivity contribution in [1.82, 2.24) is 4.98 Å². The molecule has 2 aromatic carbocycles. The molecule has 0 unspecified atom stereocenters. The van der Waals surface area contributed by atoms with Crippen molar-refractivity contribution in [3.05, 3.63) is 77.9 Å². The summed E-state index contributed by atoms with van der Waals surface area (Å²) in [4.78, 5) is 5.00. The van der Waals surface area contributed by atoms with Gasteiger partial charge in [-0.3, -0.25) is 0 Å². The van der Waals surface area contributed by atoms with Crippen LogP contribution in [-0.2, 0) is 10.8 Å². The fraction of sp³-hybridized carbons (Fsp3) is 0.320. The number of benzene rings is 2. The molecule has 3 rings (SSSR count). The second-order valence-electron chi connectivity index (χ2n) is 8.83. The highest BCUT2D eigenvalue weighted by Gasteiger charge is 2.14. The van der Waals surface area contributed by atoms with Crippen LogP contribution in [0.2, 0.25) is 0 Å². The van der Waals surface area contributed by atoms with E-state index in [1.54, 1.807) is 0 Å².